The van der Waals surface area contributed by atoms with Crippen molar-refractivity contribution in [1.29, 1.82) is 0 Å². The number of hydrogen-bond acceptors (Lipinski definition) is 7. The summed E-state index contributed by atoms with van der Waals surface area (Å²) in [4.78, 5) is 37.6. The van der Waals surface area contributed by atoms with E-state index in [1.165, 1.54) is 36.4 Å². The summed E-state index contributed by atoms with van der Waals surface area (Å²) in [5.74, 6) is -0.562. The molecular formula is C22H28N4O6S2. The average Bonchev–Trinajstić information content (AvgIpc) is 2.78. The van der Waals surface area contributed by atoms with E-state index in [0.717, 1.165) is 5.56 Å². The lowest BCUT2D eigenvalue weighted by atomic mass is 10.2. The van der Waals surface area contributed by atoms with E-state index < -0.39 is 22.0 Å². The maximum atomic E-state index is 12.3. The standard InChI is InChI=1S/C22H28N4O6S2/c1-15(2)26(22(29)24-33)13-4-14-32-20(27)17-7-9-18(10-8-17)23-21(28)25-34(30,31)19-11-5-16(3)6-12-19/h5-12,15,33H,4,13-14H2,1-3H3,(H,24,29)(H2,23,25,28). The summed E-state index contributed by atoms with van der Waals surface area (Å²) in [6, 6.07) is 10.6. The number of thiol groups is 1. The van der Waals surface area contributed by atoms with Gasteiger partial charge in [0, 0.05) is 18.3 Å². The molecule has 0 atom stereocenters. The summed E-state index contributed by atoms with van der Waals surface area (Å²) in [5.41, 5.74) is 1.44. The Balaban J connectivity index is 1.84. The number of anilines is 1. The molecule has 0 unspecified atom stereocenters. The van der Waals surface area contributed by atoms with E-state index in [2.05, 4.69) is 22.9 Å². The third-order valence-corrected chi connectivity index (χ3v) is 6.23. The molecule has 0 radical (unpaired) electrons. The second-order valence-corrected chi connectivity index (χ2v) is 9.55. The van der Waals surface area contributed by atoms with Gasteiger partial charge in [0.05, 0.1) is 17.1 Å². The van der Waals surface area contributed by atoms with Crippen molar-refractivity contribution >= 4 is 46.6 Å². The lowest BCUT2D eigenvalue weighted by molar-refractivity contribution is 0.0490. The van der Waals surface area contributed by atoms with E-state index in [9.17, 15) is 22.8 Å². The Morgan fingerprint density at radius 3 is 2.21 bits per heavy atom. The minimum atomic E-state index is -4.02. The summed E-state index contributed by atoms with van der Waals surface area (Å²) in [6.45, 7) is 6.05. The number of ether oxygens (including phenoxy) is 1. The number of sulfonamides is 1. The van der Waals surface area contributed by atoms with Gasteiger partial charge in [0.1, 0.15) is 0 Å². The smallest absolute Gasteiger partial charge is 0.338 e. The first-order valence-corrected chi connectivity index (χ1v) is 12.3. The molecule has 0 heterocycles. The zero-order valence-corrected chi connectivity index (χ0v) is 20.8. The monoisotopic (exact) mass is 508 g/mol. The molecule has 4 amide bonds. The van der Waals surface area contributed by atoms with Crippen LogP contribution in [0.1, 0.15) is 36.2 Å². The quantitative estimate of drug-likeness (QED) is 0.233. The van der Waals surface area contributed by atoms with Crippen molar-refractivity contribution in [1.82, 2.24) is 14.3 Å². The third kappa shape index (κ3) is 7.96. The highest BCUT2D eigenvalue weighted by molar-refractivity contribution is 7.90. The van der Waals surface area contributed by atoms with Crippen LogP contribution in [-0.4, -0.2) is 50.5 Å². The lowest BCUT2D eigenvalue weighted by Crippen LogP contribution is -2.41. The van der Waals surface area contributed by atoms with Crippen LogP contribution in [0, 0.1) is 6.92 Å². The highest BCUT2D eigenvalue weighted by Crippen LogP contribution is 2.13. The highest BCUT2D eigenvalue weighted by Gasteiger charge is 2.18. The first-order chi connectivity index (χ1) is 16.0. The number of nitrogens with zero attached hydrogens (tertiary/aromatic N) is 1. The number of esters is 1. The van der Waals surface area contributed by atoms with Gasteiger partial charge in [0.2, 0.25) is 0 Å². The van der Waals surface area contributed by atoms with Gasteiger partial charge in [-0.25, -0.2) is 27.5 Å². The maximum Gasteiger partial charge on any atom is 0.338 e. The number of hydrogen-bond donors (Lipinski definition) is 4. The molecule has 2 rings (SSSR count). The van der Waals surface area contributed by atoms with Gasteiger partial charge in [-0.2, -0.15) is 0 Å². The summed E-state index contributed by atoms with van der Waals surface area (Å²) >= 11 is 3.76. The molecule has 0 fully saturated rings. The Bertz CT molecular complexity index is 1100. The fourth-order valence-electron chi connectivity index (χ4n) is 2.89. The van der Waals surface area contributed by atoms with Crippen LogP contribution in [0.2, 0.25) is 0 Å². The summed E-state index contributed by atoms with van der Waals surface area (Å²) < 4.78 is 34.0. The fraction of sp³-hybridized carbons (Fsp3) is 0.318. The van der Waals surface area contributed by atoms with E-state index in [4.69, 9.17) is 4.74 Å². The molecule has 0 spiro atoms. The summed E-state index contributed by atoms with van der Waals surface area (Å²) in [7, 11) is -4.02. The van der Waals surface area contributed by atoms with Crippen LogP contribution < -0.4 is 14.8 Å². The van der Waals surface area contributed by atoms with Crippen molar-refractivity contribution in [3.05, 3.63) is 59.7 Å². The molecule has 0 bridgehead atoms. The van der Waals surface area contributed by atoms with Crippen molar-refractivity contribution in [2.24, 2.45) is 0 Å². The van der Waals surface area contributed by atoms with Gasteiger partial charge >= 0.3 is 18.0 Å². The topological polar surface area (TPSA) is 134 Å². The normalized spacial score (nSPS) is 11.0. The molecule has 0 aromatic heterocycles. The molecule has 0 aliphatic carbocycles. The molecular weight excluding hydrogens is 480 g/mol. The van der Waals surface area contributed by atoms with E-state index in [1.807, 2.05) is 25.5 Å². The Morgan fingerprint density at radius 2 is 1.65 bits per heavy atom. The minimum Gasteiger partial charge on any atom is -0.462 e. The second kappa shape index (κ2) is 12.3. The van der Waals surface area contributed by atoms with Crippen molar-refractivity contribution in [2.45, 2.75) is 38.1 Å². The van der Waals surface area contributed by atoms with E-state index in [1.54, 1.807) is 17.0 Å². The largest absolute Gasteiger partial charge is 0.462 e. The molecule has 3 N–H and O–H groups in total. The highest BCUT2D eigenvalue weighted by atomic mass is 32.2. The summed E-state index contributed by atoms with van der Waals surface area (Å²) in [5, 5.41) is 2.41. The molecule has 12 heteroatoms. The van der Waals surface area contributed by atoms with Gasteiger partial charge in [-0.15, -0.1) is 0 Å². The van der Waals surface area contributed by atoms with Crippen molar-refractivity contribution in [3.8, 4) is 0 Å². The zero-order valence-electron chi connectivity index (χ0n) is 19.1. The van der Waals surface area contributed by atoms with Crippen LogP contribution in [0.15, 0.2) is 53.4 Å². The fourth-order valence-corrected chi connectivity index (χ4v) is 3.92. The van der Waals surface area contributed by atoms with Crippen molar-refractivity contribution in [3.63, 3.8) is 0 Å². The number of rotatable bonds is 9. The second-order valence-electron chi connectivity index (χ2n) is 7.64. The molecule has 0 aliphatic heterocycles. The minimum absolute atomic E-state index is 0.0332. The molecule has 0 saturated carbocycles. The Kier molecular flexibility index (Phi) is 9.75. The van der Waals surface area contributed by atoms with Gasteiger partial charge in [-0.3, -0.25) is 4.72 Å². The third-order valence-electron chi connectivity index (χ3n) is 4.69. The molecule has 2 aromatic rings. The number of amides is 4. The van der Waals surface area contributed by atoms with Gasteiger partial charge in [-0.05, 0) is 63.6 Å². The van der Waals surface area contributed by atoms with Crippen LogP contribution in [0.3, 0.4) is 0 Å². The number of urea groups is 2. The SMILES string of the molecule is Cc1ccc(S(=O)(=O)NC(=O)Nc2ccc(C(=O)OCCCN(C(=O)NS)C(C)C)cc2)cc1. The number of carbonyl (C=O) groups excluding carboxylic acids is 3. The number of benzene rings is 2. The summed E-state index contributed by atoms with van der Waals surface area (Å²) in [6.07, 6.45) is 0.445. The van der Waals surface area contributed by atoms with Crippen LogP contribution in [0.25, 0.3) is 0 Å². The van der Waals surface area contributed by atoms with E-state index in [0.29, 0.717) is 18.7 Å². The lowest BCUT2D eigenvalue weighted by Gasteiger charge is -2.25. The van der Waals surface area contributed by atoms with Crippen LogP contribution in [0.4, 0.5) is 15.3 Å². The van der Waals surface area contributed by atoms with Crippen molar-refractivity contribution in [2.75, 3.05) is 18.5 Å². The predicted octanol–water partition coefficient (Wildman–Crippen LogP) is 3.32. The zero-order chi connectivity index (χ0) is 25.3. The molecule has 0 saturated heterocycles. The van der Waals surface area contributed by atoms with Gasteiger partial charge < -0.3 is 15.0 Å². The van der Waals surface area contributed by atoms with Gasteiger partial charge in [0.25, 0.3) is 10.0 Å². The predicted molar refractivity (Wildman–Crippen MR) is 131 cm³/mol. The van der Waals surface area contributed by atoms with Gasteiger partial charge in [0.15, 0.2) is 0 Å². The Hall–Kier alpha value is -3.25. The van der Waals surface area contributed by atoms with Gasteiger partial charge in [-0.1, -0.05) is 30.5 Å². The van der Waals surface area contributed by atoms with E-state index >= 15 is 0 Å². The first-order valence-electron chi connectivity index (χ1n) is 10.4. The molecule has 184 valence electrons. The average molecular weight is 509 g/mol. The molecule has 2 aromatic carbocycles. The van der Waals surface area contributed by atoms with Crippen LogP contribution in [0.5, 0.6) is 0 Å². The first kappa shape index (κ1) is 27.0. The number of aryl methyl sites for hydroxylation is 1. The van der Waals surface area contributed by atoms with E-state index in [-0.39, 0.29) is 29.1 Å². The number of nitrogens with one attached hydrogen (secondary N) is 3. The Morgan fingerprint density at radius 1 is 1.03 bits per heavy atom. The molecule has 0 aliphatic rings. The number of carbonyl (C=O) groups is 3. The molecule has 34 heavy (non-hydrogen) atoms. The molecule has 10 nitrogen and oxygen atoms in total. The Labute approximate surface area is 204 Å². The van der Waals surface area contributed by atoms with Crippen LogP contribution >= 0.6 is 12.8 Å². The van der Waals surface area contributed by atoms with Crippen molar-refractivity contribution < 1.29 is 27.5 Å². The van der Waals surface area contributed by atoms with Crippen LogP contribution in [-0.2, 0) is 14.8 Å². The maximum absolute atomic E-state index is 12.3.